The Labute approximate surface area is 186 Å². The lowest BCUT2D eigenvalue weighted by atomic mass is 10.2. The summed E-state index contributed by atoms with van der Waals surface area (Å²) in [4.78, 5) is 20.7. The lowest BCUT2D eigenvalue weighted by Gasteiger charge is -2.23. The van der Waals surface area contributed by atoms with E-state index in [-0.39, 0.29) is 36.7 Å². The summed E-state index contributed by atoms with van der Waals surface area (Å²) in [5, 5.41) is 18.2. The minimum Gasteiger partial charge on any atom is -0.388 e. The molecule has 0 unspecified atom stereocenters. The van der Waals surface area contributed by atoms with E-state index in [1.54, 1.807) is 16.4 Å². The van der Waals surface area contributed by atoms with Crippen molar-refractivity contribution in [3.63, 3.8) is 0 Å². The highest BCUT2D eigenvalue weighted by atomic mass is 79.9. The number of ether oxygens (including phenoxy) is 3. The van der Waals surface area contributed by atoms with Gasteiger partial charge in [-0.1, -0.05) is 23.9 Å². The minimum atomic E-state index is -0.787. The minimum absolute atomic E-state index is 0.176. The number of ketones is 1. The van der Waals surface area contributed by atoms with Crippen LogP contribution in [0.3, 0.4) is 0 Å². The van der Waals surface area contributed by atoms with Crippen LogP contribution in [0.25, 0.3) is 11.2 Å². The zero-order valence-electron chi connectivity index (χ0n) is 16.9. The molecule has 2 aromatic rings. The molecule has 2 aliphatic rings. The molecule has 0 radical (unpaired) electrons. The number of hydrogen-bond donors (Lipinski definition) is 1. The third-order valence-corrected chi connectivity index (χ3v) is 6.63. The molecule has 2 fully saturated rings. The van der Waals surface area contributed by atoms with Crippen molar-refractivity contribution in [2.24, 2.45) is 0 Å². The van der Waals surface area contributed by atoms with Crippen LogP contribution in [0.1, 0.15) is 39.7 Å². The molecule has 3 heterocycles. The zero-order chi connectivity index (χ0) is 21.5. The number of aliphatic hydroxyl groups is 1. The van der Waals surface area contributed by atoms with Gasteiger partial charge in [0.25, 0.3) is 0 Å². The number of carbonyl (C=O) groups excluding carboxylic acids is 1. The largest absolute Gasteiger partial charge is 0.388 e. The van der Waals surface area contributed by atoms with Crippen LogP contribution in [-0.4, -0.2) is 78.9 Å². The maximum Gasteiger partial charge on any atom is 0.190 e. The van der Waals surface area contributed by atoms with E-state index in [1.807, 2.05) is 13.8 Å². The molecule has 1 saturated heterocycles. The molecule has 2 aromatic heterocycles. The van der Waals surface area contributed by atoms with Gasteiger partial charge in [0, 0.05) is 12.2 Å². The average molecular weight is 502 g/mol. The lowest BCUT2D eigenvalue weighted by Crippen LogP contribution is -2.32. The van der Waals surface area contributed by atoms with Crippen molar-refractivity contribution in [2.45, 2.75) is 68.9 Å². The number of aromatic nitrogens is 5. The van der Waals surface area contributed by atoms with Crippen molar-refractivity contribution in [1.29, 1.82) is 0 Å². The summed E-state index contributed by atoms with van der Waals surface area (Å²) in [7, 11) is 0. The first-order valence-electron chi connectivity index (χ1n) is 9.84. The van der Waals surface area contributed by atoms with Gasteiger partial charge in [-0.05, 0) is 36.2 Å². The number of hydrogen-bond acceptors (Lipinski definition) is 10. The molecule has 0 bridgehead atoms. The van der Waals surface area contributed by atoms with Gasteiger partial charge in [-0.2, -0.15) is 0 Å². The topological polar surface area (TPSA) is 121 Å². The molecule has 4 atom stereocenters. The molecular formula is C18H24BrN5O5S. The van der Waals surface area contributed by atoms with Gasteiger partial charge in [0.1, 0.15) is 30.0 Å². The Morgan fingerprint density at radius 2 is 2.13 bits per heavy atom. The fourth-order valence-electron chi connectivity index (χ4n) is 3.82. The Morgan fingerprint density at radius 1 is 1.37 bits per heavy atom. The number of halogens is 1. The highest BCUT2D eigenvalue weighted by Gasteiger charge is 2.56. The van der Waals surface area contributed by atoms with Crippen molar-refractivity contribution < 1.29 is 24.1 Å². The van der Waals surface area contributed by atoms with Crippen LogP contribution < -0.4 is 0 Å². The Hall–Kier alpha value is -1.18. The molecule has 164 valence electrons. The van der Waals surface area contributed by atoms with Gasteiger partial charge < -0.3 is 19.3 Å². The summed E-state index contributed by atoms with van der Waals surface area (Å²) in [5.41, 5.74) is 1.19. The van der Waals surface area contributed by atoms with E-state index in [2.05, 4.69) is 43.1 Å². The van der Waals surface area contributed by atoms with Gasteiger partial charge in [-0.15, -0.1) is 5.10 Å². The number of Topliss-reactive ketones (excluding diaryl/α,β-unsaturated/α-hetero) is 1. The second-order valence-corrected chi connectivity index (χ2v) is 9.58. The zero-order valence-corrected chi connectivity index (χ0v) is 19.3. The average Bonchev–Trinajstić information content (AvgIpc) is 3.35. The van der Waals surface area contributed by atoms with E-state index in [4.69, 9.17) is 19.3 Å². The summed E-state index contributed by atoms with van der Waals surface area (Å²) >= 11 is 5.05. The molecule has 0 amide bonds. The SMILES string of the molecule is CCCSc1nc(Br)c2nnn([C@@H]3C[C@H](OCC(=O)CO)[C@H]4OC(C)(C)O[C@H]43)c2n1. The molecule has 30 heavy (non-hydrogen) atoms. The molecule has 0 aromatic carbocycles. The van der Waals surface area contributed by atoms with Crippen molar-refractivity contribution >= 4 is 44.6 Å². The number of nitrogens with zero attached hydrogens (tertiary/aromatic N) is 5. The van der Waals surface area contributed by atoms with E-state index < -0.39 is 12.4 Å². The number of aliphatic hydroxyl groups excluding tert-OH is 1. The maximum atomic E-state index is 11.5. The number of fused-ring (bicyclic) bond motifs is 2. The summed E-state index contributed by atoms with van der Waals surface area (Å²) in [6.45, 7) is 5.06. The molecule has 1 aliphatic heterocycles. The predicted molar refractivity (Wildman–Crippen MR) is 111 cm³/mol. The lowest BCUT2D eigenvalue weighted by molar-refractivity contribution is -0.171. The Bertz CT molecular complexity index is 941. The third kappa shape index (κ3) is 4.26. The molecule has 10 nitrogen and oxygen atoms in total. The van der Waals surface area contributed by atoms with E-state index in [0.717, 1.165) is 12.2 Å². The van der Waals surface area contributed by atoms with Gasteiger partial charge in [-0.3, -0.25) is 4.79 Å². The van der Waals surface area contributed by atoms with Gasteiger partial charge in [0.2, 0.25) is 0 Å². The van der Waals surface area contributed by atoms with E-state index >= 15 is 0 Å². The summed E-state index contributed by atoms with van der Waals surface area (Å²) in [6, 6.07) is -0.234. The Morgan fingerprint density at radius 3 is 2.87 bits per heavy atom. The standard InChI is InChI=1S/C18H24BrN5O5S/c1-4-5-30-17-20-15(19)12-16(21-17)24(23-22-12)10-6-11(27-8-9(26)7-25)14-13(10)28-18(2,3)29-14/h10-11,13-14,25H,4-8H2,1-3H3/t10-,11+,13+,14-/m1/s1. The van der Waals surface area contributed by atoms with Crippen LogP contribution in [0.2, 0.25) is 0 Å². The first kappa shape index (κ1) is 22.0. The molecule has 12 heteroatoms. The van der Waals surface area contributed by atoms with Crippen LogP contribution in [0.15, 0.2) is 9.76 Å². The Balaban J connectivity index is 1.66. The normalized spacial score (nSPS) is 27.6. The van der Waals surface area contributed by atoms with Crippen LogP contribution >= 0.6 is 27.7 Å². The fourth-order valence-corrected chi connectivity index (χ4v) is 5.05. The maximum absolute atomic E-state index is 11.5. The summed E-state index contributed by atoms with van der Waals surface area (Å²) in [5.74, 6) is -0.258. The Kier molecular flexibility index (Phi) is 6.43. The van der Waals surface area contributed by atoms with Crippen molar-refractivity contribution in [3.8, 4) is 0 Å². The van der Waals surface area contributed by atoms with Gasteiger partial charge >= 0.3 is 0 Å². The van der Waals surface area contributed by atoms with Crippen LogP contribution in [0.5, 0.6) is 0 Å². The fraction of sp³-hybridized carbons (Fsp3) is 0.722. The van der Waals surface area contributed by atoms with Crippen LogP contribution in [0, 0.1) is 0 Å². The molecular weight excluding hydrogens is 478 g/mol. The van der Waals surface area contributed by atoms with E-state index in [0.29, 0.717) is 27.3 Å². The van der Waals surface area contributed by atoms with Gasteiger partial charge in [0.05, 0.1) is 12.1 Å². The second kappa shape index (κ2) is 8.75. The smallest absolute Gasteiger partial charge is 0.190 e. The number of carbonyl (C=O) groups is 1. The highest BCUT2D eigenvalue weighted by molar-refractivity contribution is 9.10. The molecule has 0 spiro atoms. The van der Waals surface area contributed by atoms with Crippen LogP contribution in [-0.2, 0) is 19.0 Å². The predicted octanol–water partition coefficient (Wildman–Crippen LogP) is 1.90. The number of rotatable bonds is 8. The van der Waals surface area contributed by atoms with E-state index in [1.165, 1.54) is 0 Å². The van der Waals surface area contributed by atoms with E-state index in [9.17, 15) is 4.79 Å². The second-order valence-electron chi connectivity index (χ2n) is 7.77. The molecule has 1 aliphatic carbocycles. The summed E-state index contributed by atoms with van der Waals surface area (Å²) in [6.07, 6.45) is 0.450. The van der Waals surface area contributed by atoms with Crippen LogP contribution in [0.4, 0.5) is 0 Å². The number of thioether (sulfide) groups is 1. The third-order valence-electron chi connectivity index (χ3n) is 5.03. The van der Waals surface area contributed by atoms with Gasteiger partial charge in [0.15, 0.2) is 27.9 Å². The van der Waals surface area contributed by atoms with Crippen molar-refractivity contribution in [2.75, 3.05) is 19.0 Å². The highest BCUT2D eigenvalue weighted by Crippen LogP contribution is 2.45. The first-order chi connectivity index (χ1) is 14.3. The van der Waals surface area contributed by atoms with Gasteiger partial charge in [-0.25, -0.2) is 14.6 Å². The quantitative estimate of drug-likeness (QED) is 0.325. The molecule has 1 saturated carbocycles. The van der Waals surface area contributed by atoms with Crippen molar-refractivity contribution in [3.05, 3.63) is 4.60 Å². The monoisotopic (exact) mass is 501 g/mol. The molecule has 1 N–H and O–H groups in total. The first-order valence-corrected chi connectivity index (χ1v) is 11.6. The molecule has 4 rings (SSSR count). The van der Waals surface area contributed by atoms with Crippen molar-refractivity contribution in [1.82, 2.24) is 25.0 Å². The summed E-state index contributed by atoms with van der Waals surface area (Å²) < 4.78 is 20.3.